The predicted octanol–water partition coefficient (Wildman–Crippen LogP) is 3.77. The summed E-state index contributed by atoms with van der Waals surface area (Å²) in [7, 11) is 0. The molecule has 0 radical (unpaired) electrons. The molecule has 2 aromatic heterocycles. The van der Waals surface area contributed by atoms with Crippen LogP contribution in [0, 0.1) is 18.3 Å². The molecular weight excluding hydrogens is 280 g/mol. The lowest BCUT2D eigenvalue weighted by Gasteiger charge is -2.19. The van der Waals surface area contributed by atoms with E-state index in [-0.39, 0.29) is 6.04 Å². The minimum atomic E-state index is 0.0601. The van der Waals surface area contributed by atoms with Crippen molar-refractivity contribution in [3.8, 4) is 6.07 Å². The van der Waals surface area contributed by atoms with Gasteiger partial charge in [0, 0.05) is 16.8 Å². The average molecular weight is 298 g/mol. The van der Waals surface area contributed by atoms with E-state index in [1.54, 1.807) is 11.3 Å². The van der Waals surface area contributed by atoms with Gasteiger partial charge in [0.1, 0.15) is 16.9 Å². The Morgan fingerprint density at radius 3 is 2.86 bits per heavy atom. The standard InChI is InChI=1S/C16H18N4S/c1-10-9-21-16(18-10)11(2)19-15-13(8-17)7-12-5-3-4-6-14(12)20-15/h7,9,11H,3-6H2,1-2H3,(H,19,20). The summed E-state index contributed by atoms with van der Waals surface area (Å²) in [6, 6.07) is 4.33. The fourth-order valence-corrected chi connectivity index (χ4v) is 3.47. The van der Waals surface area contributed by atoms with Gasteiger partial charge < -0.3 is 5.32 Å². The van der Waals surface area contributed by atoms with Gasteiger partial charge in [0.15, 0.2) is 0 Å². The molecular formula is C16H18N4S. The first-order valence-electron chi connectivity index (χ1n) is 7.29. The Labute approximate surface area is 128 Å². The molecule has 2 heterocycles. The van der Waals surface area contributed by atoms with Crippen LogP contribution in [0.2, 0.25) is 0 Å². The van der Waals surface area contributed by atoms with E-state index in [4.69, 9.17) is 4.98 Å². The van der Waals surface area contributed by atoms with Gasteiger partial charge in [-0.3, -0.25) is 0 Å². The zero-order chi connectivity index (χ0) is 14.8. The Morgan fingerprint density at radius 1 is 1.33 bits per heavy atom. The van der Waals surface area contributed by atoms with Crippen LogP contribution in [0.4, 0.5) is 5.82 Å². The highest BCUT2D eigenvalue weighted by atomic mass is 32.1. The molecule has 5 heteroatoms. The summed E-state index contributed by atoms with van der Waals surface area (Å²) in [5.74, 6) is 0.693. The third kappa shape index (κ3) is 2.91. The molecule has 0 saturated carbocycles. The summed E-state index contributed by atoms with van der Waals surface area (Å²) < 4.78 is 0. The van der Waals surface area contributed by atoms with E-state index < -0.39 is 0 Å². The van der Waals surface area contributed by atoms with Crippen molar-refractivity contribution in [2.24, 2.45) is 0 Å². The zero-order valence-corrected chi connectivity index (χ0v) is 13.1. The largest absolute Gasteiger partial charge is 0.360 e. The van der Waals surface area contributed by atoms with Crippen LogP contribution >= 0.6 is 11.3 Å². The fraction of sp³-hybridized carbons (Fsp3) is 0.438. The summed E-state index contributed by atoms with van der Waals surface area (Å²) in [6.07, 6.45) is 4.44. The molecule has 0 spiro atoms. The molecule has 1 N–H and O–H groups in total. The molecule has 1 aliphatic carbocycles. The summed E-state index contributed by atoms with van der Waals surface area (Å²) in [5, 5.41) is 15.8. The minimum absolute atomic E-state index is 0.0601. The number of aromatic nitrogens is 2. The maximum Gasteiger partial charge on any atom is 0.144 e. The fourth-order valence-electron chi connectivity index (χ4n) is 2.67. The molecule has 3 rings (SSSR count). The van der Waals surface area contributed by atoms with E-state index in [0.29, 0.717) is 11.4 Å². The van der Waals surface area contributed by atoms with Crippen LogP contribution in [0.25, 0.3) is 0 Å². The highest BCUT2D eigenvalue weighted by Gasteiger charge is 2.17. The number of nitrogens with one attached hydrogen (secondary N) is 1. The summed E-state index contributed by atoms with van der Waals surface area (Å²) >= 11 is 1.63. The first-order chi connectivity index (χ1) is 10.2. The number of pyridine rings is 1. The van der Waals surface area contributed by atoms with Crippen molar-refractivity contribution < 1.29 is 0 Å². The lowest BCUT2D eigenvalue weighted by atomic mass is 9.95. The first-order valence-corrected chi connectivity index (χ1v) is 8.17. The average Bonchev–Trinajstić information content (AvgIpc) is 2.93. The van der Waals surface area contributed by atoms with Crippen LogP contribution in [0.5, 0.6) is 0 Å². The van der Waals surface area contributed by atoms with E-state index in [0.717, 1.165) is 29.2 Å². The smallest absolute Gasteiger partial charge is 0.144 e. The maximum absolute atomic E-state index is 9.36. The number of nitrogens with zero attached hydrogens (tertiary/aromatic N) is 3. The van der Waals surface area contributed by atoms with Gasteiger partial charge >= 0.3 is 0 Å². The highest BCUT2D eigenvalue weighted by molar-refractivity contribution is 7.09. The number of anilines is 1. The molecule has 0 amide bonds. The van der Waals surface area contributed by atoms with Crippen molar-refractivity contribution in [3.63, 3.8) is 0 Å². The van der Waals surface area contributed by atoms with Crippen molar-refractivity contribution >= 4 is 17.2 Å². The Morgan fingerprint density at radius 2 is 2.14 bits per heavy atom. The highest BCUT2D eigenvalue weighted by Crippen LogP contribution is 2.27. The molecule has 4 nitrogen and oxygen atoms in total. The topological polar surface area (TPSA) is 61.6 Å². The van der Waals surface area contributed by atoms with E-state index in [1.165, 1.54) is 18.4 Å². The van der Waals surface area contributed by atoms with Crippen LogP contribution in [0.3, 0.4) is 0 Å². The molecule has 1 atom stereocenters. The predicted molar refractivity (Wildman–Crippen MR) is 84.5 cm³/mol. The van der Waals surface area contributed by atoms with E-state index in [9.17, 15) is 5.26 Å². The number of hydrogen-bond acceptors (Lipinski definition) is 5. The van der Waals surface area contributed by atoms with Crippen molar-refractivity contribution in [1.29, 1.82) is 5.26 Å². The molecule has 21 heavy (non-hydrogen) atoms. The van der Waals surface area contributed by atoms with Crippen molar-refractivity contribution in [2.45, 2.75) is 45.6 Å². The van der Waals surface area contributed by atoms with Crippen LogP contribution in [-0.4, -0.2) is 9.97 Å². The SMILES string of the molecule is Cc1csc(C(C)Nc2nc3c(cc2C#N)CCCC3)n1. The molecule has 1 unspecified atom stereocenters. The molecule has 0 saturated heterocycles. The third-order valence-electron chi connectivity index (χ3n) is 3.78. The zero-order valence-electron chi connectivity index (χ0n) is 12.3. The van der Waals surface area contributed by atoms with E-state index in [2.05, 4.69) is 23.3 Å². The third-order valence-corrected chi connectivity index (χ3v) is 4.93. The monoisotopic (exact) mass is 298 g/mol. The second-order valence-corrected chi connectivity index (χ2v) is 6.39. The van der Waals surface area contributed by atoms with Crippen LogP contribution in [-0.2, 0) is 12.8 Å². The number of thiazole rings is 1. The van der Waals surface area contributed by atoms with Gasteiger partial charge in [-0.2, -0.15) is 5.26 Å². The molecule has 2 aromatic rings. The molecule has 0 aliphatic heterocycles. The second kappa shape index (κ2) is 5.82. The van der Waals surface area contributed by atoms with Gasteiger partial charge in [-0.05, 0) is 51.2 Å². The number of fused-ring (bicyclic) bond motifs is 1. The molecule has 1 aliphatic rings. The normalized spacial score (nSPS) is 15.1. The Hall–Kier alpha value is -1.93. The van der Waals surface area contributed by atoms with Gasteiger partial charge in [-0.15, -0.1) is 11.3 Å². The maximum atomic E-state index is 9.36. The lowest BCUT2D eigenvalue weighted by molar-refractivity contribution is 0.667. The van der Waals surface area contributed by atoms with Gasteiger partial charge in [0.2, 0.25) is 0 Å². The quantitative estimate of drug-likeness (QED) is 0.937. The first kappa shape index (κ1) is 14.0. The Balaban J connectivity index is 1.89. The Bertz CT molecular complexity index is 699. The molecule has 0 bridgehead atoms. The van der Waals surface area contributed by atoms with Gasteiger partial charge in [-0.25, -0.2) is 9.97 Å². The molecule has 0 fully saturated rings. The summed E-state index contributed by atoms with van der Waals surface area (Å²) in [6.45, 7) is 4.05. The second-order valence-electron chi connectivity index (χ2n) is 5.50. The van der Waals surface area contributed by atoms with Crippen LogP contribution < -0.4 is 5.32 Å². The van der Waals surface area contributed by atoms with E-state index in [1.807, 2.05) is 18.4 Å². The Kier molecular flexibility index (Phi) is 3.89. The van der Waals surface area contributed by atoms with Gasteiger partial charge in [0.25, 0.3) is 0 Å². The van der Waals surface area contributed by atoms with Crippen LogP contribution in [0.1, 0.15) is 53.3 Å². The van der Waals surface area contributed by atoms with Gasteiger partial charge in [-0.1, -0.05) is 0 Å². The van der Waals surface area contributed by atoms with E-state index >= 15 is 0 Å². The number of aryl methyl sites for hydroxylation is 3. The lowest BCUT2D eigenvalue weighted by Crippen LogP contribution is -2.13. The van der Waals surface area contributed by atoms with Crippen molar-refractivity contribution in [3.05, 3.63) is 39.0 Å². The van der Waals surface area contributed by atoms with Crippen molar-refractivity contribution in [1.82, 2.24) is 9.97 Å². The van der Waals surface area contributed by atoms with Crippen molar-refractivity contribution in [2.75, 3.05) is 5.32 Å². The van der Waals surface area contributed by atoms with Gasteiger partial charge in [0.05, 0.1) is 11.6 Å². The molecule has 108 valence electrons. The number of nitriles is 1. The summed E-state index contributed by atoms with van der Waals surface area (Å²) in [4.78, 5) is 9.19. The van der Waals surface area contributed by atoms with Crippen LogP contribution in [0.15, 0.2) is 11.4 Å². The summed E-state index contributed by atoms with van der Waals surface area (Å²) in [5.41, 5.74) is 4.05. The molecule has 0 aromatic carbocycles. The number of rotatable bonds is 3. The number of hydrogen-bond donors (Lipinski definition) is 1. The minimum Gasteiger partial charge on any atom is -0.360 e.